The predicted molar refractivity (Wildman–Crippen MR) is 101 cm³/mol. The van der Waals surface area contributed by atoms with Crippen LogP contribution in [0.15, 0.2) is 28.8 Å². The van der Waals surface area contributed by atoms with E-state index in [0.29, 0.717) is 11.9 Å². The fourth-order valence-electron chi connectivity index (χ4n) is 3.07. The Labute approximate surface area is 158 Å². The Morgan fingerprint density at radius 3 is 3.00 bits per heavy atom. The zero-order valence-electron chi connectivity index (χ0n) is 14.0. The maximum absolute atomic E-state index is 13.7. The van der Waals surface area contributed by atoms with Gasteiger partial charge in [-0.1, -0.05) is 11.3 Å². The molecule has 0 saturated heterocycles. The summed E-state index contributed by atoms with van der Waals surface area (Å²) in [5.41, 5.74) is 3.55. The summed E-state index contributed by atoms with van der Waals surface area (Å²) in [4.78, 5) is 21.5. The lowest BCUT2D eigenvalue weighted by Crippen LogP contribution is -2.25. The maximum Gasteiger partial charge on any atom is 0.291 e. The van der Waals surface area contributed by atoms with E-state index in [4.69, 9.17) is 0 Å². The highest BCUT2D eigenvalue weighted by Crippen LogP contribution is 2.31. The van der Waals surface area contributed by atoms with E-state index >= 15 is 0 Å². The van der Waals surface area contributed by atoms with E-state index < -0.39 is 5.13 Å². The molecule has 0 aliphatic rings. The van der Waals surface area contributed by atoms with Gasteiger partial charge >= 0.3 is 0 Å². The number of nitrogens with one attached hydrogen (secondary N) is 1. The number of halogens is 1. The molecule has 0 unspecified atom stereocenters. The van der Waals surface area contributed by atoms with Crippen LogP contribution in [0.5, 0.6) is 0 Å². The normalized spacial score (nSPS) is 11.8. The van der Waals surface area contributed by atoms with Crippen molar-refractivity contribution in [2.75, 3.05) is 0 Å². The van der Waals surface area contributed by atoms with Gasteiger partial charge in [-0.05, 0) is 6.07 Å². The van der Waals surface area contributed by atoms with E-state index in [-0.39, 0.29) is 17.8 Å². The Morgan fingerprint density at radius 1 is 1.37 bits per heavy atom. The average Bonchev–Trinajstić information content (AvgIpc) is 3.41. The molecule has 5 aromatic rings. The zero-order chi connectivity index (χ0) is 18.5. The molecule has 0 aliphatic carbocycles. The quantitative estimate of drug-likeness (QED) is 0.499. The van der Waals surface area contributed by atoms with Crippen LogP contribution in [0.1, 0.15) is 16.4 Å². The molecule has 5 aromatic heterocycles. The van der Waals surface area contributed by atoms with Crippen molar-refractivity contribution in [3.8, 4) is 0 Å². The van der Waals surface area contributed by atoms with Crippen molar-refractivity contribution in [1.82, 2.24) is 34.5 Å². The monoisotopic (exact) mass is 401 g/mol. The lowest BCUT2D eigenvalue weighted by molar-refractivity contribution is 0.582. The Morgan fingerprint density at radius 2 is 2.26 bits per heavy atom. The minimum atomic E-state index is -0.401. The molecule has 0 fully saturated rings. The van der Waals surface area contributed by atoms with E-state index in [9.17, 15) is 9.18 Å². The van der Waals surface area contributed by atoms with Gasteiger partial charge in [0.25, 0.3) is 5.56 Å². The second-order valence-electron chi connectivity index (χ2n) is 6.02. The summed E-state index contributed by atoms with van der Waals surface area (Å²) in [6, 6.07) is 1.90. The van der Waals surface area contributed by atoms with E-state index in [0.717, 1.165) is 37.8 Å². The molecular formula is C16H12FN7OS2. The SMILES string of the molecule is Cn1c2nc(Cc3ccn[nH]3)sc2c2cnn(Cc3ncsc3F)c(=O)c21. The van der Waals surface area contributed by atoms with Crippen LogP contribution >= 0.6 is 22.7 Å². The van der Waals surface area contributed by atoms with E-state index in [1.807, 2.05) is 6.07 Å². The Hall–Kier alpha value is -2.92. The summed E-state index contributed by atoms with van der Waals surface area (Å²) in [5, 5.41) is 12.4. The highest BCUT2D eigenvalue weighted by Gasteiger charge is 2.19. The Kier molecular flexibility index (Phi) is 3.65. The number of hydrogen-bond acceptors (Lipinski definition) is 7. The summed E-state index contributed by atoms with van der Waals surface area (Å²) < 4.78 is 17.6. The van der Waals surface area contributed by atoms with E-state index in [1.54, 1.807) is 24.0 Å². The summed E-state index contributed by atoms with van der Waals surface area (Å²) in [5.74, 6) is 0. The van der Waals surface area contributed by atoms with Gasteiger partial charge in [-0.25, -0.2) is 14.6 Å². The van der Waals surface area contributed by atoms with Gasteiger partial charge in [0, 0.05) is 30.7 Å². The van der Waals surface area contributed by atoms with Gasteiger partial charge < -0.3 is 4.57 Å². The standard InChI is InChI=1S/C16H12FN7OS2/c1-23-12-9(5-20-24(16(12)25)6-10-14(17)26-7-18-10)13-15(23)21-11(27-13)4-8-2-3-19-22-8/h2-3,5,7H,4,6H2,1H3,(H,19,22). The topological polar surface area (TPSA) is 94.3 Å². The third-order valence-electron chi connectivity index (χ3n) is 4.36. The van der Waals surface area contributed by atoms with Crippen molar-refractivity contribution >= 4 is 43.9 Å². The maximum atomic E-state index is 13.7. The summed E-state index contributed by atoms with van der Waals surface area (Å²) in [6.45, 7) is 0.00143. The minimum absolute atomic E-state index is 0.00143. The van der Waals surface area contributed by atoms with Crippen LogP contribution in [0, 0.1) is 5.13 Å². The average molecular weight is 401 g/mol. The molecule has 8 nitrogen and oxygen atoms in total. The first kappa shape index (κ1) is 16.3. The molecule has 27 heavy (non-hydrogen) atoms. The molecule has 0 bridgehead atoms. The summed E-state index contributed by atoms with van der Waals surface area (Å²) in [6.07, 6.45) is 3.99. The van der Waals surface area contributed by atoms with Gasteiger partial charge in [-0.2, -0.15) is 14.6 Å². The summed E-state index contributed by atoms with van der Waals surface area (Å²) in [7, 11) is 1.81. The molecule has 0 aliphatic heterocycles. The zero-order valence-corrected chi connectivity index (χ0v) is 15.6. The molecule has 1 N–H and O–H groups in total. The number of H-pyrrole nitrogens is 1. The molecule has 0 saturated carbocycles. The second-order valence-corrected chi connectivity index (χ2v) is 7.91. The second kappa shape index (κ2) is 6.06. The van der Waals surface area contributed by atoms with Crippen molar-refractivity contribution < 1.29 is 4.39 Å². The van der Waals surface area contributed by atoms with Crippen LogP contribution in [-0.2, 0) is 20.0 Å². The number of aromatic amines is 1. The minimum Gasteiger partial charge on any atom is -0.323 e. The number of thiazole rings is 2. The third-order valence-corrected chi connectivity index (χ3v) is 6.09. The molecule has 0 aromatic carbocycles. The van der Waals surface area contributed by atoms with Crippen molar-refractivity contribution in [3.05, 3.63) is 55.9 Å². The van der Waals surface area contributed by atoms with Crippen molar-refractivity contribution in [3.63, 3.8) is 0 Å². The van der Waals surface area contributed by atoms with E-state index in [1.165, 1.54) is 21.5 Å². The van der Waals surface area contributed by atoms with Gasteiger partial charge in [0.2, 0.25) is 5.13 Å². The largest absolute Gasteiger partial charge is 0.323 e. The Bertz CT molecular complexity index is 1330. The lowest BCUT2D eigenvalue weighted by Gasteiger charge is -2.04. The van der Waals surface area contributed by atoms with Crippen LogP contribution in [0.2, 0.25) is 0 Å². The molecular weight excluding hydrogens is 389 g/mol. The van der Waals surface area contributed by atoms with Gasteiger partial charge in [-0.15, -0.1) is 11.3 Å². The first-order valence-electron chi connectivity index (χ1n) is 8.02. The molecule has 11 heteroatoms. The number of aryl methyl sites for hydroxylation is 1. The number of hydrogen-bond donors (Lipinski definition) is 1. The summed E-state index contributed by atoms with van der Waals surface area (Å²) >= 11 is 2.43. The van der Waals surface area contributed by atoms with Gasteiger partial charge in [0.15, 0.2) is 5.65 Å². The van der Waals surface area contributed by atoms with Crippen LogP contribution < -0.4 is 5.56 Å². The highest BCUT2D eigenvalue weighted by atomic mass is 32.1. The molecule has 5 heterocycles. The first-order valence-corrected chi connectivity index (χ1v) is 9.71. The predicted octanol–water partition coefficient (Wildman–Crippen LogP) is 2.30. The van der Waals surface area contributed by atoms with Crippen molar-refractivity contribution in [1.29, 1.82) is 0 Å². The number of rotatable bonds is 4. The fourth-order valence-corrected chi connectivity index (χ4v) is 4.72. The van der Waals surface area contributed by atoms with Crippen molar-refractivity contribution in [2.45, 2.75) is 13.0 Å². The van der Waals surface area contributed by atoms with Crippen LogP contribution in [-0.4, -0.2) is 34.5 Å². The Balaban J connectivity index is 1.61. The van der Waals surface area contributed by atoms with Crippen LogP contribution in [0.25, 0.3) is 21.3 Å². The number of fused-ring (bicyclic) bond motifs is 3. The van der Waals surface area contributed by atoms with Gasteiger partial charge in [0.1, 0.15) is 16.2 Å². The third kappa shape index (κ3) is 2.58. The number of aromatic nitrogens is 7. The molecule has 0 spiro atoms. The lowest BCUT2D eigenvalue weighted by atomic mass is 10.3. The molecule has 136 valence electrons. The van der Waals surface area contributed by atoms with Crippen LogP contribution in [0.4, 0.5) is 4.39 Å². The van der Waals surface area contributed by atoms with Crippen molar-refractivity contribution in [2.24, 2.45) is 7.05 Å². The van der Waals surface area contributed by atoms with Gasteiger partial charge in [-0.3, -0.25) is 9.89 Å². The molecule has 0 amide bonds. The highest BCUT2D eigenvalue weighted by molar-refractivity contribution is 7.19. The number of nitrogens with zero attached hydrogens (tertiary/aromatic N) is 6. The smallest absolute Gasteiger partial charge is 0.291 e. The fraction of sp³-hybridized carbons (Fsp3) is 0.188. The van der Waals surface area contributed by atoms with Crippen LogP contribution in [0.3, 0.4) is 0 Å². The first-order chi connectivity index (χ1) is 13.1. The molecule has 5 rings (SSSR count). The molecule has 0 atom stereocenters. The molecule has 0 radical (unpaired) electrons. The van der Waals surface area contributed by atoms with E-state index in [2.05, 4.69) is 25.3 Å². The van der Waals surface area contributed by atoms with Gasteiger partial charge in [0.05, 0.1) is 23.0 Å².